The average molecular weight is 410 g/mol. The molecule has 0 fully saturated rings. The Morgan fingerprint density at radius 3 is 2.34 bits per heavy atom. The summed E-state index contributed by atoms with van der Waals surface area (Å²) in [4.78, 5) is 9.74. The van der Waals surface area contributed by atoms with Gasteiger partial charge in [-0.25, -0.2) is 9.97 Å². The summed E-state index contributed by atoms with van der Waals surface area (Å²) in [5.74, 6) is 0.684. The van der Waals surface area contributed by atoms with Gasteiger partial charge in [-0.05, 0) is 30.3 Å². The van der Waals surface area contributed by atoms with Crippen molar-refractivity contribution < 1.29 is 0 Å². The van der Waals surface area contributed by atoms with E-state index in [4.69, 9.17) is 9.97 Å². The molecule has 3 aromatic heterocycles. The first-order valence-corrected chi connectivity index (χ1v) is 10.7. The molecule has 3 heterocycles. The maximum absolute atomic E-state index is 4.95. The molecule has 0 unspecified atom stereocenters. The highest BCUT2D eigenvalue weighted by Crippen LogP contribution is 2.37. The van der Waals surface area contributed by atoms with Crippen LogP contribution >= 0.6 is 0 Å². The summed E-state index contributed by atoms with van der Waals surface area (Å²) in [7, 11) is 0. The first kappa shape index (κ1) is 17.3. The van der Waals surface area contributed by atoms with Crippen LogP contribution < -0.4 is 0 Å². The molecular weight excluding hydrogens is 392 g/mol. The highest BCUT2D eigenvalue weighted by Gasteiger charge is 2.19. The zero-order valence-electron chi connectivity index (χ0n) is 17.2. The standard InChI is InChI=1S/C28H18N4/c1-2-9-21(10-3-1)31-17-16-19-14-15-23-22-11-5-7-13-25(22)32(27(23)26(19)31)28-29-18-20-8-4-6-12-24(20)30-28/h1-18H. The zero-order chi connectivity index (χ0) is 21.1. The normalized spacial score (nSPS) is 11.8. The molecule has 0 spiro atoms. The minimum Gasteiger partial charge on any atom is -0.315 e. The molecule has 0 aliphatic rings. The van der Waals surface area contributed by atoms with Crippen molar-refractivity contribution in [3.8, 4) is 11.6 Å². The van der Waals surface area contributed by atoms with Crippen LogP contribution in [0.1, 0.15) is 0 Å². The van der Waals surface area contributed by atoms with Gasteiger partial charge in [-0.2, -0.15) is 0 Å². The second-order valence-corrected chi connectivity index (χ2v) is 8.00. The third-order valence-corrected chi connectivity index (χ3v) is 6.20. The Morgan fingerprint density at radius 1 is 0.594 bits per heavy atom. The number of nitrogens with zero attached hydrogens (tertiary/aromatic N) is 4. The smallest absolute Gasteiger partial charge is 0.235 e. The maximum Gasteiger partial charge on any atom is 0.235 e. The summed E-state index contributed by atoms with van der Waals surface area (Å²) in [5.41, 5.74) is 5.45. The van der Waals surface area contributed by atoms with Gasteiger partial charge in [0.05, 0.1) is 22.1 Å². The van der Waals surface area contributed by atoms with E-state index >= 15 is 0 Å². The van der Waals surface area contributed by atoms with Gasteiger partial charge in [-0.1, -0.05) is 66.7 Å². The topological polar surface area (TPSA) is 35.6 Å². The number of hydrogen-bond acceptors (Lipinski definition) is 2. The maximum atomic E-state index is 4.95. The monoisotopic (exact) mass is 410 g/mol. The van der Waals surface area contributed by atoms with Gasteiger partial charge in [0, 0.05) is 39.6 Å². The van der Waals surface area contributed by atoms with Crippen molar-refractivity contribution in [2.45, 2.75) is 0 Å². The first-order chi connectivity index (χ1) is 15.9. The molecule has 4 nitrogen and oxygen atoms in total. The average Bonchev–Trinajstić information content (AvgIpc) is 3.43. The quantitative estimate of drug-likeness (QED) is 0.319. The Balaban J connectivity index is 1.68. The fourth-order valence-electron chi connectivity index (χ4n) is 4.75. The third-order valence-electron chi connectivity index (χ3n) is 6.20. The second-order valence-electron chi connectivity index (χ2n) is 8.00. The molecule has 7 aromatic rings. The molecule has 4 heteroatoms. The van der Waals surface area contributed by atoms with Gasteiger partial charge >= 0.3 is 0 Å². The molecule has 0 radical (unpaired) electrons. The Labute approximate surface area is 184 Å². The van der Waals surface area contributed by atoms with E-state index in [1.165, 1.54) is 16.2 Å². The van der Waals surface area contributed by atoms with Crippen molar-refractivity contribution in [1.82, 2.24) is 19.1 Å². The van der Waals surface area contributed by atoms with Gasteiger partial charge in [-0.15, -0.1) is 0 Å². The molecule has 0 aliphatic carbocycles. The van der Waals surface area contributed by atoms with Crippen LogP contribution in [0, 0.1) is 0 Å². The molecule has 0 N–H and O–H groups in total. The van der Waals surface area contributed by atoms with Gasteiger partial charge in [0.1, 0.15) is 0 Å². The molecule has 7 rings (SSSR count). The number of aromatic nitrogens is 4. The Morgan fingerprint density at radius 2 is 1.41 bits per heavy atom. The fraction of sp³-hybridized carbons (Fsp3) is 0. The number of fused-ring (bicyclic) bond motifs is 6. The second kappa shape index (κ2) is 6.53. The molecule has 0 saturated heterocycles. The number of para-hydroxylation sites is 3. The molecule has 0 aliphatic heterocycles. The van der Waals surface area contributed by atoms with Gasteiger partial charge in [-0.3, -0.25) is 4.57 Å². The van der Waals surface area contributed by atoms with E-state index in [0.717, 1.165) is 33.1 Å². The van der Waals surface area contributed by atoms with Crippen LogP contribution in [-0.2, 0) is 0 Å². The number of hydrogen-bond donors (Lipinski definition) is 0. The summed E-state index contributed by atoms with van der Waals surface area (Å²) >= 11 is 0. The van der Waals surface area contributed by atoms with E-state index in [0.29, 0.717) is 5.95 Å². The summed E-state index contributed by atoms with van der Waals surface area (Å²) in [6, 6.07) is 33.7. The van der Waals surface area contributed by atoms with E-state index in [-0.39, 0.29) is 0 Å². The molecular formula is C28H18N4. The van der Waals surface area contributed by atoms with Crippen molar-refractivity contribution in [2.75, 3.05) is 0 Å². The summed E-state index contributed by atoms with van der Waals surface area (Å²) in [6.07, 6.45) is 4.05. The largest absolute Gasteiger partial charge is 0.315 e. The van der Waals surface area contributed by atoms with Crippen LogP contribution in [0.2, 0.25) is 0 Å². The van der Waals surface area contributed by atoms with Crippen LogP contribution in [0.4, 0.5) is 0 Å². The van der Waals surface area contributed by atoms with E-state index < -0.39 is 0 Å². The molecule has 0 saturated carbocycles. The van der Waals surface area contributed by atoms with E-state index in [1.807, 2.05) is 36.5 Å². The Bertz CT molecular complexity index is 1770. The summed E-state index contributed by atoms with van der Waals surface area (Å²) in [5, 5.41) is 4.61. The lowest BCUT2D eigenvalue weighted by atomic mass is 10.1. The minimum absolute atomic E-state index is 0.684. The molecule has 0 atom stereocenters. The highest BCUT2D eigenvalue weighted by atomic mass is 15.2. The molecule has 0 amide bonds. The van der Waals surface area contributed by atoms with Crippen LogP contribution in [0.3, 0.4) is 0 Å². The van der Waals surface area contributed by atoms with Crippen LogP contribution in [0.15, 0.2) is 109 Å². The van der Waals surface area contributed by atoms with E-state index in [1.54, 1.807) is 0 Å². The molecule has 150 valence electrons. The minimum atomic E-state index is 0.684. The third kappa shape index (κ3) is 2.38. The number of rotatable bonds is 2. The lowest BCUT2D eigenvalue weighted by Crippen LogP contribution is -2.02. The summed E-state index contributed by atoms with van der Waals surface area (Å²) in [6.45, 7) is 0. The predicted octanol–water partition coefficient (Wildman–Crippen LogP) is 6.67. The van der Waals surface area contributed by atoms with Crippen molar-refractivity contribution in [1.29, 1.82) is 0 Å². The van der Waals surface area contributed by atoms with Crippen molar-refractivity contribution >= 4 is 43.6 Å². The lowest BCUT2D eigenvalue weighted by Gasteiger charge is -2.11. The Hall–Kier alpha value is -4.44. The predicted molar refractivity (Wildman–Crippen MR) is 131 cm³/mol. The molecule has 4 aromatic carbocycles. The van der Waals surface area contributed by atoms with Gasteiger partial charge in [0.25, 0.3) is 0 Å². The zero-order valence-corrected chi connectivity index (χ0v) is 17.2. The van der Waals surface area contributed by atoms with E-state index in [9.17, 15) is 0 Å². The van der Waals surface area contributed by atoms with Crippen LogP contribution in [-0.4, -0.2) is 19.1 Å². The van der Waals surface area contributed by atoms with Crippen molar-refractivity contribution in [2.24, 2.45) is 0 Å². The van der Waals surface area contributed by atoms with Crippen LogP contribution in [0.5, 0.6) is 0 Å². The SMILES string of the molecule is c1ccc(-n2ccc3ccc4c5ccccc5n(-c5ncc6ccccc6n5)c4c32)cc1. The van der Waals surface area contributed by atoms with Crippen molar-refractivity contribution in [3.05, 3.63) is 109 Å². The van der Waals surface area contributed by atoms with Crippen molar-refractivity contribution in [3.63, 3.8) is 0 Å². The Kier molecular flexibility index (Phi) is 3.52. The van der Waals surface area contributed by atoms with Gasteiger partial charge in [0.2, 0.25) is 5.95 Å². The molecule has 32 heavy (non-hydrogen) atoms. The molecule has 0 bridgehead atoms. The summed E-state index contributed by atoms with van der Waals surface area (Å²) < 4.78 is 4.47. The van der Waals surface area contributed by atoms with Gasteiger partial charge in [0.15, 0.2) is 0 Å². The first-order valence-electron chi connectivity index (χ1n) is 10.7. The van der Waals surface area contributed by atoms with Gasteiger partial charge < -0.3 is 4.57 Å². The fourth-order valence-corrected chi connectivity index (χ4v) is 4.75. The number of benzene rings is 4. The highest BCUT2D eigenvalue weighted by molar-refractivity contribution is 6.18. The van der Waals surface area contributed by atoms with Crippen LogP contribution in [0.25, 0.3) is 55.2 Å². The van der Waals surface area contributed by atoms with E-state index in [2.05, 4.69) is 82.1 Å². The lowest BCUT2D eigenvalue weighted by molar-refractivity contribution is 1.01.